The molecule has 0 amide bonds. The van der Waals surface area contributed by atoms with Gasteiger partial charge in [0.2, 0.25) is 0 Å². The van der Waals surface area contributed by atoms with Crippen LogP contribution in [0, 0.1) is 5.92 Å². The lowest BCUT2D eigenvalue weighted by Gasteiger charge is -2.33. The van der Waals surface area contributed by atoms with Crippen LogP contribution in [0.3, 0.4) is 0 Å². The van der Waals surface area contributed by atoms with Gasteiger partial charge < -0.3 is 15.0 Å². The molecular formula is C14H29N3O. The van der Waals surface area contributed by atoms with Crippen molar-refractivity contribution >= 4 is 5.96 Å². The fraction of sp³-hybridized carbons (Fsp3) is 0.929. The standard InChI is InChI=1S/C14H29N3O/c1-4-15-14(16-9-7-11-18-5-2)17-10-6-8-13(3)12-17/h13H,4-12H2,1-3H3,(H,15,16). The number of guanidine groups is 1. The highest BCUT2D eigenvalue weighted by molar-refractivity contribution is 5.80. The monoisotopic (exact) mass is 255 g/mol. The molecule has 0 aromatic carbocycles. The zero-order valence-electron chi connectivity index (χ0n) is 12.2. The van der Waals surface area contributed by atoms with Gasteiger partial charge in [-0.2, -0.15) is 0 Å². The quantitative estimate of drug-likeness (QED) is 0.449. The predicted molar refractivity (Wildman–Crippen MR) is 77.1 cm³/mol. The van der Waals surface area contributed by atoms with E-state index >= 15 is 0 Å². The Labute approximate surface area is 112 Å². The number of hydrogen-bond acceptors (Lipinski definition) is 2. The van der Waals surface area contributed by atoms with Crippen LogP contribution in [0.25, 0.3) is 0 Å². The smallest absolute Gasteiger partial charge is 0.193 e. The number of ether oxygens (including phenoxy) is 1. The van der Waals surface area contributed by atoms with Gasteiger partial charge >= 0.3 is 0 Å². The molecule has 1 aliphatic heterocycles. The van der Waals surface area contributed by atoms with E-state index in [0.29, 0.717) is 0 Å². The lowest BCUT2D eigenvalue weighted by molar-refractivity contribution is 0.146. The molecule has 1 N–H and O–H groups in total. The van der Waals surface area contributed by atoms with Gasteiger partial charge in [-0.15, -0.1) is 0 Å². The van der Waals surface area contributed by atoms with Crippen LogP contribution in [0.1, 0.15) is 40.0 Å². The Morgan fingerprint density at radius 3 is 2.94 bits per heavy atom. The van der Waals surface area contributed by atoms with E-state index < -0.39 is 0 Å². The molecule has 1 aliphatic rings. The fourth-order valence-electron chi connectivity index (χ4n) is 2.30. The third kappa shape index (κ3) is 5.71. The van der Waals surface area contributed by atoms with Gasteiger partial charge in [-0.1, -0.05) is 6.92 Å². The molecule has 1 unspecified atom stereocenters. The largest absolute Gasteiger partial charge is 0.382 e. The Kier molecular flexibility index (Phi) is 7.81. The minimum absolute atomic E-state index is 0.783. The summed E-state index contributed by atoms with van der Waals surface area (Å²) in [7, 11) is 0. The normalized spacial score (nSPS) is 21.2. The van der Waals surface area contributed by atoms with Crippen molar-refractivity contribution in [2.24, 2.45) is 10.9 Å². The van der Waals surface area contributed by atoms with E-state index in [1.165, 1.54) is 12.8 Å². The summed E-state index contributed by atoms with van der Waals surface area (Å²) in [5, 5.41) is 3.40. The minimum Gasteiger partial charge on any atom is -0.382 e. The third-order valence-corrected chi connectivity index (χ3v) is 3.20. The molecule has 4 nitrogen and oxygen atoms in total. The van der Waals surface area contributed by atoms with Crippen LogP contribution in [0.15, 0.2) is 4.99 Å². The maximum atomic E-state index is 5.33. The number of piperidine rings is 1. The summed E-state index contributed by atoms with van der Waals surface area (Å²) >= 11 is 0. The molecule has 0 saturated carbocycles. The Morgan fingerprint density at radius 2 is 2.28 bits per heavy atom. The van der Waals surface area contributed by atoms with Crippen LogP contribution >= 0.6 is 0 Å². The van der Waals surface area contributed by atoms with Crippen molar-refractivity contribution in [1.29, 1.82) is 0 Å². The van der Waals surface area contributed by atoms with Crippen LogP contribution in [0.4, 0.5) is 0 Å². The van der Waals surface area contributed by atoms with Gasteiger partial charge in [0.15, 0.2) is 5.96 Å². The maximum absolute atomic E-state index is 5.33. The first-order chi connectivity index (χ1) is 8.77. The highest BCUT2D eigenvalue weighted by Crippen LogP contribution is 2.15. The Bertz CT molecular complexity index is 243. The first kappa shape index (κ1) is 15.3. The summed E-state index contributed by atoms with van der Waals surface area (Å²) in [6.45, 7) is 12.2. The topological polar surface area (TPSA) is 36.9 Å². The number of nitrogens with zero attached hydrogens (tertiary/aromatic N) is 2. The number of nitrogens with one attached hydrogen (secondary N) is 1. The molecule has 0 aromatic rings. The average molecular weight is 255 g/mol. The molecule has 4 heteroatoms. The molecule has 0 spiro atoms. The molecule has 0 aromatic heterocycles. The van der Waals surface area contributed by atoms with Crippen LogP contribution in [-0.4, -0.2) is 50.3 Å². The summed E-state index contributed by atoms with van der Waals surface area (Å²) in [5.41, 5.74) is 0. The van der Waals surface area contributed by atoms with E-state index in [9.17, 15) is 0 Å². The molecule has 0 aliphatic carbocycles. The first-order valence-electron chi connectivity index (χ1n) is 7.38. The van der Waals surface area contributed by atoms with E-state index in [0.717, 1.165) is 57.7 Å². The predicted octanol–water partition coefficient (Wildman–Crippen LogP) is 2.11. The lowest BCUT2D eigenvalue weighted by atomic mass is 10.0. The van der Waals surface area contributed by atoms with E-state index in [4.69, 9.17) is 9.73 Å². The molecule has 1 heterocycles. The minimum atomic E-state index is 0.783. The molecule has 106 valence electrons. The van der Waals surface area contributed by atoms with E-state index in [1.807, 2.05) is 6.92 Å². The molecule has 18 heavy (non-hydrogen) atoms. The van der Waals surface area contributed by atoms with Crippen molar-refractivity contribution in [2.75, 3.05) is 39.4 Å². The van der Waals surface area contributed by atoms with Crippen molar-refractivity contribution in [3.8, 4) is 0 Å². The lowest BCUT2D eigenvalue weighted by Crippen LogP contribution is -2.46. The van der Waals surface area contributed by atoms with E-state index in [1.54, 1.807) is 0 Å². The van der Waals surface area contributed by atoms with Crippen LogP contribution in [0.2, 0.25) is 0 Å². The zero-order valence-corrected chi connectivity index (χ0v) is 12.2. The Hall–Kier alpha value is -0.770. The number of hydrogen-bond donors (Lipinski definition) is 1. The molecule has 0 radical (unpaired) electrons. The summed E-state index contributed by atoms with van der Waals surface area (Å²) < 4.78 is 5.33. The van der Waals surface area contributed by atoms with Gasteiger partial charge in [0.25, 0.3) is 0 Å². The number of likely N-dealkylation sites (tertiary alicyclic amines) is 1. The van der Waals surface area contributed by atoms with Crippen molar-refractivity contribution < 1.29 is 4.74 Å². The number of rotatable bonds is 6. The molecule has 1 rings (SSSR count). The molecule has 1 fully saturated rings. The van der Waals surface area contributed by atoms with Gasteiger partial charge in [0.05, 0.1) is 0 Å². The third-order valence-electron chi connectivity index (χ3n) is 3.20. The van der Waals surface area contributed by atoms with Gasteiger partial charge in [-0.3, -0.25) is 4.99 Å². The van der Waals surface area contributed by atoms with E-state index in [-0.39, 0.29) is 0 Å². The van der Waals surface area contributed by atoms with Gasteiger partial charge in [-0.05, 0) is 39.0 Å². The van der Waals surface area contributed by atoms with Gasteiger partial charge in [-0.25, -0.2) is 0 Å². The molecule has 0 bridgehead atoms. The van der Waals surface area contributed by atoms with Crippen LogP contribution in [-0.2, 0) is 4.74 Å². The van der Waals surface area contributed by atoms with Crippen molar-refractivity contribution in [3.63, 3.8) is 0 Å². The molecule has 1 atom stereocenters. The average Bonchev–Trinajstić information content (AvgIpc) is 2.37. The van der Waals surface area contributed by atoms with Crippen LogP contribution < -0.4 is 5.32 Å². The summed E-state index contributed by atoms with van der Waals surface area (Å²) in [6, 6.07) is 0. The van der Waals surface area contributed by atoms with Crippen molar-refractivity contribution in [2.45, 2.75) is 40.0 Å². The SMILES string of the molecule is CCNC(=NCCCOCC)N1CCCC(C)C1. The second-order valence-corrected chi connectivity index (χ2v) is 4.98. The second kappa shape index (κ2) is 9.20. The highest BCUT2D eigenvalue weighted by atomic mass is 16.5. The summed E-state index contributed by atoms with van der Waals surface area (Å²) in [5.74, 6) is 1.87. The second-order valence-electron chi connectivity index (χ2n) is 4.98. The van der Waals surface area contributed by atoms with Crippen molar-refractivity contribution in [1.82, 2.24) is 10.2 Å². The fourth-order valence-corrected chi connectivity index (χ4v) is 2.30. The Morgan fingerprint density at radius 1 is 1.44 bits per heavy atom. The van der Waals surface area contributed by atoms with Gasteiger partial charge in [0, 0.05) is 39.4 Å². The summed E-state index contributed by atoms with van der Waals surface area (Å²) in [6.07, 6.45) is 3.64. The molecular weight excluding hydrogens is 226 g/mol. The zero-order chi connectivity index (χ0) is 13.2. The molecule has 1 saturated heterocycles. The van der Waals surface area contributed by atoms with Gasteiger partial charge in [0.1, 0.15) is 0 Å². The van der Waals surface area contributed by atoms with Crippen molar-refractivity contribution in [3.05, 3.63) is 0 Å². The maximum Gasteiger partial charge on any atom is 0.193 e. The first-order valence-corrected chi connectivity index (χ1v) is 7.38. The van der Waals surface area contributed by atoms with Crippen LogP contribution in [0.5, 0.6) is 0 Å². The summed E-state index contributed by atoms with van der Waals surface area (Å²) in [4.78, 5) is 7.10. The number of aliphatic imine (C=N–C) groups is 1. The Balaban J connectivity index is 2.39. The highest BCUT2D eigenvalue weighted by Gasteiger charge is 2.18. The van der Waals surface area contributed by atoms with E-state index in [2.05, 4.69) is 24.1 Å².